The highest BCUT2D eigenvalue weighted by atomic mass is 32.1. The number of carbonyl (C=O) groups excluding carboxylic acids is 1. The molecule has 2 heterocycles. The van der Waals surface area contributed by atoms with Crippen molar-refractivity contribution in [3.8, 4) is 10.4 Å². The largest absolute Gasteiger partial charge is 0.382 e. The Labute approximate surface area is 112 Å². The van der Waals surface area contributed by atoms with Crippen LogP contribution in [0, 0.1) is 0 Å². The van der Waals surface area contributed by atoms with Crippen molar-refractivity contribution in [2.24, 2.45) is 5.73 Å². The average molecular weight is 270 g/mol. The average Bonchev–Trinajstić information content (AvgIpc) is 2.85. The van der Waals surface area contributed by atoms with E-state index in [1.54, 1.807) is 0 Å². The lowest BCUT2D eigenvalue weighted by Crippen LogP contribution is -2.14. The molecule has 1 amide bonds. The van der Waals surface area contributed by atoms with Crippen LogP contribution in [0.25, 0.3) is 20.5 Å². The molecular formula is C13H10N4OS. The predicted molar refractivity (Wildman–Crippen MR) is 75.8 cm³/mol. The minimum Gasteiger partial charge on any atom is -0.382 e. The Hall–Kier alpha value is -2.47. The van der Waals surface area contributed by atoms with Gasteiger partial charge in [0.05, 0.1) is 4.70 Å². The fraction of sp³-hybridized carbons (Fsp3) is 0. The van der Waals surface area contributed by atoms with E-state index >= 15 is 0 Å². The Balaban J connectivity index is 2.29. The molecule has 0 radical (unpaired) electrons. The Morgan fingerprint density at radius 1 is 1.16 bits per heavy atom. The number of benzene rings is 1. The van der Waals surface area contributed by atoms with Gasteiger partial charge >= 0.3 is 0 Å². The number of nitrogen functional groups attached to an aromatic ring is 1. The molecule has 0 saturated carbocycles. The number of amides is 1. The number of fused-ring (bicyclic) bond motifs is 1. The number of hydrogen-bond donors (Lipinski definition) is 2. The third-order valence-electron chi connectivity index (χ3n) is 2.77. The minimum absolute atomic E-state index is 0.163. The first-order valence-electron chi connectivity index (χ1n) is 5.57. The number of nitrogens with zero attached hydrogens (tertiary/aromatic N) is 2. The van der Waals surface area contributed by atoms with Crippen LogP contribution < -0.4 is 11.5 Å². The number of thiophene rings is 1. The van der Waals surface area contributed by atoms with Crippen LogP contribution in [0.1, 0.15) is 10.5 Å². The second-order valence-electron chi connectivity index (χ2n) is 4.02. The third-order valence-corrected chi connectivity index (χ3v) is 3.96. The molecule has 2 aromatic heterocycles. The van der Waals surface area contributed by atoms with Crippen molar-refractivity contribution in [1.29, 1.82) is 0 Å². The minimum atomic E-state index is -0.598. The van der Waals surface area contributed by atoms with Crippen molar-refractivity contribution < 1.29 is 4.79 Å². The fourth-order valence-electron chi connectivity index (χ4n) is 1.87. The van der Waals surface area contributed by atoms with Gasteiger partial charge in [0.15, 0.2) is 11.5 Å². The zero-order valence-corrected chi connectivity index (χ0v) is 10.6. The maximum Gasteiger partial charge on any atom is 0.270 e. The lowest BCUT2D eigenvalue weighted by molar-refractivity contribution is 0.0996. The quantitative estimate of drug-likeness (QED) is 0.745. The smallest absolute Gasteiger partial charge is 0.270 e. The number of rotatable bonds is 2. The number of carbonyl (C=O) groups is 1. The van der Waals surface area contributed by atoms with Crippen LogP contribution in [-0.4, -0.2) is 16.1 Å². The molecule has 6 heteroatoms. The lowest BCUT2D eigenvalue weighted by Gasteiger charge is -1.97. The summed E-state index contributed by atoms with van der Waals surface area (Å²) in [5.41, 5.74) is 12.3. The molecule has 3 rings (SSSR count). The third kappa shape index (κ3) is 1.92. The van der Waals surface area contributed by atoms with Crippen molar-refractivity contribution in [2.45, 2.75) is 0 Å². The van der Waals surface area contributed by atoms with Crippen LogP contribution in [0.5, 0.6) is 0 Å². The first-order valence-corrected chi connectivity index (χ1v) is 6.39. The van der Waals surface area contributed by atoms with Crippen LogP contribution in [-0.2, 0) is 0 Å². The van der Waals surface area contributed by atoms with Gasteiger partial charge in [0, 0.05) is 10.3 Å². The van der Waals surface area contributed by atoms with Gasteiger partial charge in [0.1, 0.15) is 0 Å². The van der Waals surface area contributed by atoms with Gasteiger partial charge in [-0.1, -0.05) is 30.3 Å². The Morgan fingerprint density at radius 2 is 1.89 bits per heavy atom. The molecule has 3 aromatic rings. The topological polar surface area (TPSA) is 94.9 Å². The highest BCUT2D eigenvalue weighted by Gasteiger charge is 2.16. The van der Waals surface area contributed by atoms with E-state index in [2.05, 4.69) is 10.2 Å². The summed E-state index contributed by atoms with van der Waals surface area (Å²) in [7, 11) is 0. The van der Waals surface area contributed by atoms with Crippen LogP contribution >= 0.6 is 11.3 Å². The van der Waals surface area contributed by atoms with E-state index in [0.717, 1.165) is 10.4 Å². The highest BCUT2D eigenvalue weighted by Crippen LogP contribution is 2.36. The first kappa shape index (κ1) is 11.6. The Bertz CT molecular complexity index is 767. The number of hydrogen-bond acceptors (Lipinski definition) is 5. The van der Waals surface area contributed by atoms with Gasteiger partial charge in [-0.05, 0) is 11.6 Å². The summed E-state index contributed by atoms with van der Waals surface area (Å²) < 4.78 is 0.679. The molecule has 1 aromatic carbocycles. The number of aromatic nitrogens is 2. The molecule has 0 aliphatic rings. The van der Waals surface area contributed by atoms with Crippen molar-refractivity contribution in [1.82, 2.24) is 10.2 Å². The van der Waals surface area contributed by atoms with Gasteiger partial charge < -0.3 is 11.5 Å². The molecule has 0 saturated heterocycles. The van der Waals surface area contributed by atoms with Gasteiger partial charge in [-0.25, -0.2) is 0 Å². The SMILES string of the molecule is NC(=O)c1nnc(N)c2cc(-c3ccccc3)sc12. The molecule has 0 bridgehead atoms. The maximum atomic E-state index is 11.4. The zero-order valence-electron chi connectivity index (χ0n) is 9.83. The number of primary amides is 1. The highest BCUT2D eigenvalue weighted by molar-refractivity contribution is 7.22. The van der Waals surface area contributed by atoms with Crippen molar-refractivity contribution >= 4 is 33.1 Å². The van der Waals surface area contributed by atoms with E-state index in [-0.39, 0.29) is 5.69 Å². The van der Waals surface area contributed by atoms with E-state index in [0.29, 0.717) is 15.9 Å². The number of anilines is 1. The Kier molecular flexibility index (Phi) is 2.64. The zero-order chi connectivity index (χ0) is 13.4. The van der Waals surface area contributed by atoms with E-state index in [9.17, 15) is 4.79 Å². The molecule has 5 nitrogen and oxygen atoms in total. The Morgan fingerprint density at radius 3 is 2.58 bits per heavy atom. The predicted octanol–water partition coefficient (Wildman–Crippen LogP) is 2.04. The standard InChI is InChI=1S/C13H10N4OS/c14-12-8-6-9(7-4-2-1-3-5-7)19-11(8)10(13(15)18)16-17-12/h1-6H,(H2,14,17)(H2,15,18). The summed E-state index contributed by atoms with van der Waals surface area (Å²) in [6.45, 7) is 0. The van der Waals surface area contributed by atoms with Crippen LogP contribution in [0.15, 0.2) is 36.4 Å². The van der Waals surface area contributed by atoms with Gasteiger partial charge in [-0.15, -0.1) is 21.5 Å². The van der Waals surface area contributed by atoms with Gasteiger partial charge in [0.25, 0.3) is 5.91 Å². The van der Waals surface area contributed by atoms with Gasteiger partial charge in [-0.2, -0.15) is 0 Å². The molecule has 4 N–H and O–H groups in total. The molecule has 19 heavy (non-hydrogen) atoms. The molecule has 0 aliphatic heterocycles. The van der Waals surface area contributed by atoms with E-state index in [4.69, 9.17) is 11.5 Å². The van der Waals surface area contributed by atoms with Crippen molar-refractivity contribution in [2.75, 3.05) is 5.73 Å². The first-order chi connectivity index (χ1) is 9.16. The second kappa shape index (κ2) is 4.33. The maximum absolute atomic E-state index is 11.4. The van der Waals surface area contributed by atoms with Crippen molar-refractivity contribution in [3.63, 3.8) is 0 Å². The summed E-state index contributed by atoms with van der Waals surface area (Å²) in [5.74, 6) is -0.294. The van der Waals surface area contributed by atoms with Crippen LogP contribution in [0.4, 0.5) is 5.82 Å². The fourth-order valence-corrected chi connectivity index (χ4v) is 3.03. The van der Waals surface area contributed by atoms with Crippen LogP contribution in [0.3, 0.4) is 0 Å². The molecule has 0 atom stereocenters. The molecule has 0 spiro atoms. The van der Waals surface area contributed by atoms with E-state index in [1.165, 1.54) is 11.3 Å². The van der Waals surface area contributed by atoms with Crippen molar-refractivity contribution in [3.05, 3.63) is 42.1 Å². The molecule has 0 unspecified atom stereocenters. The number of nitrogens with two attached hydrogens (primary N) is 2. The van der Waals surface area contributed by atoms with Gasteiger partial charge in [0.2, 0.25) is 0 Å². The lowest BCUT2D eigenvalue weighted by atomic mass is 10.2. The van der Waals surface area contributed by atoms with Gasteiger partial charge in [-0.3, -0.25) is 4.79 Å². The summed E-state index contributed by atoms with van der Waals surface area (Å²) in [6, 6.07) is 11.7. The molecule has 0 aliphatic carbocycles. The van der Waals surface area contributed by atoms with E-state index < -0.39 is 5.91 Å². The monoisotopic (exact) mass is 270 g/mol. The summed E-state index contributed by atoms with van der Waals surface area (Å²) in [4.78, 5) is 12.4. The molecule has 0 fully saturated rings. The summed E-state index contributed by atoms with van der Waals surface area (Å²) >= 11 is 1.44. The van der Waals surface area contributed by atoms with E-state index in [1.807, 2.05) is 36.4 Å². The normalized spacial score (nSPS) is 10.7. The second-order valence-corrected chi connectivity index (χ2v) is 5.07. The summed E-state index contributed by atoms with van der Waals surface area (Å²) in [6.07, 6.45) is 0. The van der Waals surface area contributed by atoms with Crippen LogP contribution in [0.2, 0.25) is 0 Å². The summed E-state index contributed by atoms with van der Waals surface area (Å²) in [5, 5.41) is 8.26. The molecular weight excluding hydrogens is 260 g/mol. The molecule has 94 valence electrons.